The van der Waals surface area contributed by atoms with Crippen molar-refractivity contribution in [3.05, 3.63) is 71.4 Å². The van der Waals surface area contributed by atoms with Gasteiger partial charge in [-0.1, -0.05) is 47.1 Å². The highest BCUT2D eigenvalue weighted by molar-refractivity contribution is 6.30. The molecule has 0 radical (unpaired) electrons. The minimum absolute atomic E-state index is 0.665. The lowest BCUT2D eigenvalue weighted by atomic mass is 10.1. The third kappa shape index (κ3) is 2.80. The summed E-state index contributed by atoms with van der Waals surface area (Å²) >= 11 is 5.91. The summed E-state index contributed by atoms with van der Waals surface area (Å²) in [4.78, 5) is 0. The summed E-state index contributed by atoms with van der Waals surface area (Å²) in [5, 5.41) is 17.2. The molecule has 4 nitrogen and oxygen atoms in total. The van der Waals surface area contributed by atoms with Gasteiger partial charge >= 0.3 is 0 Å². The summed E-state index contributed by atoms with van der Waals surface area (Å²) in [6, 6.07) is 17.1. The van der Waals surface area contributed by atoms with Gasteiger partial charge in [0.05, 0.1) is 11.9 Å². The Morgan fingerprint density at radius 3 is 2.43 bits per heavy atom. The number of hydrogen-bond donors (Lipinski definition) is 1. The van der Waals surface area contributed by atoms with Crippen LogP contribution in [0.2, 0.25) is 5.02 Å². The Labute approximate surface area is 126 Å². The second kappa shape index (κ2) is 5.81. The van der Waals surface area contributed by atoms with Crippen LogP contribution < -0.4 is 0 Å². The first-order chi connectivity index (χ1) is 10.3. The van der Waals surface area contributed by atoms with Crippen molar-refractivity contribution < 1.29 is 5.21 Å². The number of nitrogens with zero attached hydrogens (tertiary/aromatic N) is 3. The summed E-state index contributed by atoms with van der Waals surface area (Å²) in [6.45, 7) is 0. The van der Waals surface area contributed by atoms with E-state index in [1.54, 1.807) is 16.8 Å². The molecule has 0 aliphatic heterocycles. The van der Waals surface area contributed by atoms with Crippen molar-refractivity contribution in [2.45, 2.75) is 0 Å². The molecular weight excluding hydrogens is 286 g/mol. The first kappa shape index (κ1) is 13.4. The monoisotopic (exact) mass is 297 g/mol. The molecule has 2 aromatic carbocycles. The first-order valence-corrected chi connectivity index (χ1v) is 6.74. The Bertz CT molecular complexity index is 764. The lowest BCUT2D eigenvalue weighted by molar-refractivity contribution is 0.322. The fourth-order valence-electron chi connectivity index (χ4n) is 2.09. The maximum Gasteiger partial charge on any atom is 0.102 e. The van der Waals surface area contributed by atoms with Crippen molar-refractivity contribution in [2.75, 3.05) is 0 Å². The van der Waals surface area contributed by atoms with Gasteiger partial charge in [0.25, 0.3) is 0 Å². The quantitative estimate of drug-likeness (QED) is 0.451. The SMILES string of the molecule is O/N=C/c1cn(-c2ccccc2)nc1-c1ccc(Cl)cc1. The summed E-state index contributed by atoms with van der Waals surface area (Å²) in [7, 11) is 0. The zero-order valence-electron chi connectivity index (χ0n) is 11.0. The number of benzene rings is 2. The van der Waals surface area contributed by atoms with Crippen molar-refractivity contribution in [3.63, 3.8) is 0 Å². The molecule has 5 heteroatoms. The Balaban J connectivity index is 2.11. The van der Waals surface area contributed by atoms with Crippen LogP contribution in [0.1, 0.15) is 5.56 Å². The average molecular weight is 298 g/mol. The number of rotatable bonds is 3. The molecule has 0 bridgehead atoms. The summed E-state index contributed by atoms with van der Waals surface area (Å²) in [5.41, 5.74) is 3.30. The van der Waals surface area contributed by atoms with E-state index in [4.69, 9.17) is 16.8 Å². The maximum atomic E-state index is 8.83. The van der Waals surface area contributed by atoms with E-state index in [1.165, 1.54) is 6.21 Å². The fourth-order valence-corrected chi connectivity index (χ4v) is 2.22. The maximum absolute atomic E-state index is 8.83. The van der Waals surface area contributed by atoms with E-state index in [2.05, 4.69) is 10.3 Å². The average Bonchev–Trinajstić information content (AvgIpc) is 2.93. The van der Waals surface area contributed by atoms with Gasteiger partial charge in [-0.3, -0.25) is 0 Å². The highest BCUT2D eigenvalue weighted by atomic mass is 35.5. The van der Waals surface area contributed by atoms with Gasteiger partial charge in [-0.15, -0.1) is 0 Å². The molecule has 0 saturated carbocycles. The predicted molar refractivity (Wildman–Crippen MR) is 83.4 cm³/mol. The molecule has 21 heavy (non-hydrogen) atoms. The number of oxime groups is 1. The third-order valence-electron chi connectivity index (χ3n) is 3.08. The molecule has 0 fully saturated rings. The molecule has 1 heterocycles. The van der Waals surface area contributed by atoms with Gasteiger partial charge in [0, 0.05) is 22.3 Å². The molecule has 0 spiro atoms. The lowest BCUT2D eigenvalue weighted by Gasteiger charge is -2.00. The van der Waals surface area contributed by atoms with Crippen molar-refractivity contribution in [2.24, 2.45) is 5.16 Å². The van der Waals surface area contributed by atoms with E-state index in [-0.39, 0.29) is 0 Å². The molecule has 0 aliphatic rings. The number of aromatic nitrogens is 2. The van der Waals surface area contributed by atoms with Crippen LogP contribution in [0.5, 0.6) is 0 Å². The predicted octanol–water partition coefficient (Wildman–Crippen LogP) is 4.00. The van der Waals surface area contributed by atoms with Crippen LogP contribution in [0, 0.1) is 0 Å². The van der Waals surface area contributed by atoms with Crippen LogP contribution in [0.4, 0.5) is 0 Å². The first-order valence-electron chi connectivity index (χ1n) is 6.36. The highest BCUT2D eigenvalue weighted by Crippen LogP contribution is 2.24. The fraction of sp³-hybridized carbons (Fsp3) is 0. The number of para-hydroxylation sites is 1. The Morgan fingerprint density at radius 1 is 1.05 bits per heavy atom. The number of hydrogen-bond acceptors (Lipinski definition) is 3. The van der Waals surface area contributed by atoms with Gasteiger partial charge in [0.2, 0.25) is 0 Å². The highest BCUT2D eigenvalue weighted by Gasteiger charge is 2.11. The molecule has 0 aliphatic carbocycles. The molecule has 3 rings (SSSR count). The van der Waals surface area contributed by atoms with Crippen LogP contribution in [0.25, 0.3) is 16.9 Å². The van der Waals surface area contributed by atoms with E-state index in [1.807, 2.05) is 48.7 Å². The lowest BCUT2D eigenvalue weighted by Crippen LogP contribution is -1.93. The van der Waals surface area contributed by atoms with Crippen LogP contribution >= 0.6 is 11.6 Å². The molecule has 1 N–H and O–H groups in total. The minimum Gasteiger partial charge on any atom is -0.411 e. The molecule has 0 unspecified atom stereocenters. The zero-order valence-corrected chi connectivity index (χ0v) is 11.8. The van der Waals surface area contributed by atoms with E-state index in [9.17, 15) is 0 Å². The third-order valence-corrected chi connectivity index (χ3v) is 3.33. The molecule has 0 amide bonds. The Morgan fingerprint density at radius 2 is 1.76 bits per heavy atom. The molecule has 3 aromatic rings. The largest absolute Gasteiger partial charge is 0.411 e. The van der Waals surface area contributed by atoms with Gasteiger partial charge in [-0.25, -0.2) is 4.68 Å². The number of halogens is 1. The van der Waals surface area contributed by atoms with Gasteiger partial charge in [-0.2, -0.15) is 5.10 Å². The van der Waals surface area contributed by atoms with Gasteiger partial charge < -0.3 is 5.21 Å². The summed E-state index contributed by atoms with van der Waals surface area (Å²) in [5.74, 6) is 0. The van der Waals surface area contributed by atoms with Gasteiger partial charge in [0.1, 0.15) is 5.69 Å². The van der Waals surface area contributed by atoms with Gasteiger partial charge in [-0.05, 0) is 24.3 Å². The Hall–Kier alpha value is -2.59. The standard InChI is InChI=1S/C16H12ClN3O/c17-14-8-6-12(7-9-14)16-13(10-18-21)11-20(19-16)15-4-2-1-3-5-15/h1-11,21H/b18-10+. The second-order valence-corrected chi connectivity index (χ2v) is 4.90. The molecule has 1 aromatic heterocycles. The van der Waals surface area contributed by atoms with Crippen LogP contribution in [0.15, 0.2) is 65.9 Å². The van der Waals surface area contributed by atoms with Crippen molar-refractivity contribution >= 4 is 17.8 Å². The van der Waals surface area contributed by atoms with Crippen LogP contribution in [-0.2, 0) is 0 Å². The smallest absolute Gasteiger partial charge is 0.102 e. The summed E-state index contributed by atoms with van der Waals surface area (Å²) < 4.78 is 1.75. The van der Waals surface area contributed by atoms with Crippen molar-refractivity contribution in [1.29, 1.82) is 0 Å². The zero-order chi connectivity index (χ0) is 14.7. The van der Waals surface area contributed by atoms with E-state index < -0.39 is 0 Å². The van der Waals surface area contributed by atoms with Crippen molar-refractivity contribution in [3.8, 4) is 16.9 Å². The molecule has 0 atom stereocenters. The van der Waals surface area contributed by atoms with E-state index >= 15 is 0 Å². The van der Waals surface area contributed by atoms with Crippen molar-refractivity contribution in [1.82, 2.24) is 9.78 Å². The van der Waals surface area contributed by atoms with Crippen LogP contribution in [0.3, 0.4) is 0 Å². The molecular formula is C16H12ClN3O. The van der Waals surface area contributed by atoms with E-state index in [0.717, 1.165) is 22.5 Å². The minimum atomic E-state index is 0.665. The topological polar surface area (TPSA) is 50.4 Å². The van der Waals surface area contributed by atoms with Crippen LogP contribution in [-0.4, -0.2) is 21.2 Å². The Kier molecular flexibility index (Phi) is 3.71. The molecule has 104 valence electrons. The molecule has 0 saturated heterocycles. The van der Waals surface area contributed by atoms with E-state index in [0.29, 0.717) is 5.02 Å². The normalized spacial score (nSPS) is 11.1. The second-order valence-electron chi connectivity index (χ2n) is 4.46. The van der Waals surface area contributed by atoms with Gasteiger partial charge in [0.15, 0.2) is 0 Å². The summed E-state index contributed by atoms with van der Waals surface area (Å²) in [6.07, 6.45) is 3.19.